The minimum absolute atomic E-state index is 0.295. The summed E-state index contributed by atoms with van der Waals surface area (Å²) in [5, 5.41) is 9.37. The highest BCUT2D eigenvalue weighted by molar-refractivity contribution is 4.57. The van der Waals surface area contributed by atoms with Crippen molar-refractivity contribution in [2.24, 2.45) is 11.8 Å². The Morgan fingerprint density at radius 2 is 1.75 bits per heavy atom. The summed E-state index contributed by atoms with van der Waals surface area (Å²) >= 11 is 0. The molecule has 0 saturated carbocycles. The molecule has 0 aliphatic carbocycles. The summed E-state index contributed by atoms with van der Waals surface area (Å²) in [5.41, 5.74) is 0. The zero-order valence-corrected chi connectivity index (χ0v) is 8.71. The van der Waals surface area contributed by atoms with Crippen LogP contribution >= 0.6 is 0 Å². The van der Waals surface area contributed by atoms with Crippen molar-refractivity contribution in [1.29, 1.82) is 0 Å². The van der Waals surface area contributed by atoms with Gasteiger partial charge in [0.25, 0.3) is 0 Å². The van der Waals surface area contributed by atoms with Crippen LogP contribution in [0.2, 0.25) is 0 Å². The average molecular weight is 174 g/mol. The minimum atomic E-state index is -0.308. The molecule has 0 bridgehead atoms. The van der Waals surface area contributed by atoms with E-state index in [0.717, 1.165) is 13.0 Å². The molecule has 0 fully saturated rings. The first-order chi connectivity index (χ1) is 5.54. The molecule has 0 amide bonds. The quantitative estimate of drug-likeness (QED) is 0.625. The lowest BCUT2D eigenvalue weighted by Gasteiger charge is -2.14. The lowest BCUT2D eigenvalue weighted by molar-refractivity contribution is 0.0100. The van der Waals surface area contributed by atoms with Gasteiger partial charge in [0.1, 0.15) is 0 Å². The van der Waals surface area contributed by atoms with Crippen molar-refractivity contribution in [3.05, 3.63) is 0 Å². The molecule has 0 aliphatic rings. The summed E-state index contributed by atoms with van der Waals surface area (Å²) in [6.07, 6.45) is 0.766. The smallest absolute Gasteiger partial charge is 0.0796 e. The van der Waals surface area contributed by atoms with Crippen molar-refractivity contribution in [2.75, 3.05) is 13.2 Å². The first kappa shape index (κ1) is 11.9. The SMILES string of the molecule is CC(C)CCOCC(O)C(C)C. The number of aliphatic hydroxyl groups excluding tert-OH is 1. The lowest BCUT2D eigenvalue weighted by atomic mass is 10.1. The molecule has 0 radical (unpaired) electrons. The van der Waals surface area contributed by atoms with Gasteiger partial charge < -0.3 is 9.84 Å². The van der Waals surface area contributed by atoms with E-state index in [0.29, 0.717) is 18.4 Å². The lowest BCUT2D eigenvalue weighted by Crippen LogP contribution is -2.21. The van der Waals surface area contributed by atoms with E-state index >= 15 is 0 Å². The molecule has 0 aromatic heterocycles. The van der Waals surface area contributed by atoms with E-state index < -0.39 is 0 Å². The Bertz CT molecular complexity index is 100. The Morgan fingerprint density at radius 3 is 2.17 bits per heavy atom. The van der Waals surface area contributed by atoms with Crippen molar-refractivity contribution < 1.29 is 9.84 Å². The molecule has 1 atom stereocenters. The van der Waals surface area contributed by atoms with Crippen LogP contribution in [0.25, 0.3) is 0 Å². The molecule has 74 valence electrons. The van der Waals surface area contributed by atoms with Gasteiger partial charge in [0.15, 0.2) is 0 Å². The predicted molar refractivity (Wildman–Crippen MR) is 51.1 cm³/mol. The van der Waals surface area contributed by atoms with Crippen LogP contribution in [0, 0.1) is 11.8 Å². The van der Waals surface area contributed by atoms with Gasteiger partial charge in [-0.25, -0.2) is 0 Å². The largest absolute Gasteiger partial charge is 0.390 e. The van der Waals surface area contributed by atoms with E-state index in [1.807, 2.05) is 13.8 Å². The van der Waals surface area contributed by atoms with Crippen molar-refractivity contribution in [2.45, 2.75) is 40.2 Å². The van der Waals surface area contributed by atoms with Crippen LogP contribution in [0.15, 0.2) is 0 Å². The van der Waals surface area contributed by atoms with Gasteiger partial charge in [-0.15, -0.1) is 0 Å². The zero-order chi connectivity index (χ0) is 9.56. The fourth-order valence-electron chi connectivity index (χ4n) is 0.716. The first-order valence-corrected chi connectivity index (χ1v) is 4.79. The van der Waals surface area contributed by atoms with Crippen molar-refractivity contribution >= 4 is 0 Å². The molecule has 0 aromatic rings. The molecule has 2 heteroatoms. The monoisotopic (exact) mass is 174 g/mol. The molecule has 0 aromatic carbocycles. The third kappa shape index (κ3) is 6.62. The summed E-state index contributed by atoms with van der Waals surface area (Å²) in [5.74, 6) is 0.977. The minimum Gasteiger partial charge on any atom is -0.390 e. The third-order valence-electron chi connectivity index (χ3n) is 1.90. The molecular formula is C10H22O2. The van der Waals surface area contributed by atoms with Crippen LogP contribution < -0.4 is 0 Å². The van der Waals surface area contributed by atoms with E-state index in [9.17, 15) is 5.11 Å². The number of rotatable bonds is 6. The fourth-order valence-corrected chi connectivity index (χ4v) is 0.716. The van der Waals surface area contributed by atoms with E-state index in [4.69, 9.17) is 4.74 Å². The molecule has 0 spiro atoms. The fraction of sp³-hybridized carbons (Fsp3) is 1.00. The molecular weight excluding hydrogens is 152 g/mol. The number of ether oxygens (including phenoxy) is 1. The molecule has 1 N–H and O–H groups in total. The van der Waals surface area contributed by atoms with Crippen LogP contribution in [-0.4, -0.2) is 24.4 Å². The predicted octanol–water partition coefficient (Wildman–Crippen LogP) is 2.07. The Labute approximate surface area is 75.9 Å². The topological polar surface area (TPSA) is 29.5 Å². The van der Waals surface area contributed by atoms with Crippen molar-refractivity contribution in [1.82, 2.24) is 0 Å². The van der Waals surface area contributed by atoms with Crippen LogP contribution in [0.1, 0.15) is 34.1 Å². The summed E-state index contributed by atoms with van der Waals surface area (Å²) in [4.78, 5) is 0. The Morgan fingerprint density at radius 1 is 1.17 bits per heavy atom. The zero-order valence-electron chi connectivity index (χ0n) is 8.71. The summed E-state index contributed by atoms with van der Waals surface area (Å²) in [6.45, 7) is 9.57. The van der Waals surface area contributed by atoms with Gasteiger partial charge >= 0.3 is 0 Å². The van der Waals surface area contributed by atoms with E-state index in [-0.39, 0.29) is 6.10 Å². The maximum absolute atomic E-state index is 9.37. The van der Waals surface area contributed by atoms with Gasteiger partial charge in [0, 0.05) is 6.61 Å². The molecule has 2 nitrogen and oxygen atoms in total. The van der Waals surface area contributed by atoms with E-state index in [1.54, 1.807) is 0 Å². The summed E-state index contributed by atoms with van der Waals surface area (Å²) in [7, 11) is 0. The maximum Gasteiger partial charge on any atom is 0.0796 e. The maximum atomic E-state index is 9.37. The van der Waals surface area contributed by atoms with Crippen LogP contribution in [0.4, 0.5) is 0 Å². The molecule has 0 saturated heterocycles. The second kappa shape index (κ2) is 6.44. The van der Waals surface area contributed by atoms with E-state index in [1.165, 1.54) is 0 Å². The Hall–Kier alpha value is -0.0800. The standard InChI is InChI=1S/C10H22O2/c1-8(2)5-6-12-7-10(11)9(3)4/h8-11H,5-7H2,1-4H3. The molecule has 0 rings (SSSR count). The molecule has 12 heavy (non-hydrogen) atoms. The van der Waals surface area contributed by atoms with Gasteiger partial charge in [0.05, 0.1) is 12.7 Å². The Kier molecular flexibility index (Phi) is 6.39. The molecule has 0 aliphatic heterocycles. The van der Waals surface area contributed by atoms with Gasteiger partial charge in [-0.05, 0) is 18.3 Å². The normalized spacial score (nSPS) is 14.2. The van der Waals surface area contributed by atoms with Gasteiger partial charge in [-0.1, -0.05) is 27.7 Å². The highest BCUT2D eigenvalue weighted by Gasteiger charge is 2.08. The first-order valence-electron chi connectivity index (χ1n) is 4.79. The van der Waals surface area contributed by atoms with Crippen LogP contribution in [-0.2, 0) is 4.74 Å². The molecule has 0 heterocycles. The van der Waals surface area contributed by atoms with Gasteiger partial charge in [-0.2, -0.15) is 0 Å². The van der Waals surface area contributed by atoms with Crippen molar-refractivity contribution in [3.8, 4) is 0 Å². The highest BCUT2D eigenvalue weighted by atomic mass is 16.5. The van der Waals surface area contributed by atoms with E-state index in [2.05, 4.69) is 13.8 Å². The highest BCUT2D eigenvalue weighted by Crippen LogP contribution is 2.03. The summed E-state index contributed by atoms with van der Waals surface area (Å²) in [6, 6.07) is 0. The summed E-state index contributed by atoms with van der Waals surface area (Å²) < 4.78 is 5.32. The second-order valence-corrected chi connectivity index (χ2v) is 4.07. The number of hydrogen-bond acceptors (Lipinski definition) is 2. The van der Waals surface area contributed by atoms with Crippen molar-refractivity contribution in [3.63, 3.8) is 0 Å². The van der Waals surface area contributed by atoms with Gasteiger partial charge in [0.2, 0.25) is 0 Å². The third-order valence-corrected chi connectivity index (χ3v) is 1.90. The second-order valence-electron chi connectivity index (χ2n) is 4.07. The Balaban J connectivity index is 3.20. The molecule has 1 unspecified atom stereocenters. The van der Waals surface area contributed by atoms with Gasteiger partial charge in [-0.3, -0.25) is 0 Å². The average Bonchev–Trinajstić information content (AvgIpc) is 1.97. The van der Waals surface area contributed by atoms with Crippen LogP contribution in [0.3, 0.4) is 0 Å². The number of aliphatic hydroxyl groups is 1. The number of hydrogen-bond donors (Lipinski definition) is 1. The van der Waals surface area contributed by atoms with Crippen LogP contribution in [0.5, 0.6) is 0 Å².